The Morgan fingerprint density at radius 1 is 0.310 bits per heavy atom. The molecule has 15 aromatic carbocycles. The maximum absolute atomic E-state index is 6.36. The lowest BCUT2D eigenvalue weighted by Gasteiger charge is -2.35. The maximum atomic E-state index is 6.36. The first-order chi connectivity index (χ1) is 49.3. The Bertz CT molecular complexity index is 6430. The molecule has 4 aromatic heterocycles. The van der Waals surface area contributed by atoms with Crippen LogP contribution in [0.1, 0.15) is 47.2 Å². The summed E-state index contributed by atoms with van der Waals surface area (Å²) in [5.74, 6) is 0. The number of hydrogen-bond donors (Lipinski definition) is 1. The van der Waals surface area contributed by atoms with Gasteiger partial charge in [0.1, 0.15) is 11.2 Å². The van der Waals surface area contributed by atoms with Gasteiger partial charge in [0.2, 0.25) is 0 Å². The van der Waals surface area contributed by atoms with Crippen molar-refractivity contribution in [3.8, 4) is 39.1 Å². The molecule has 0 atom stereocenters. The monoisotopic (exact) mass is 1310 g/mol. The fourth-order valence-corrected chi connectivity index (χ4v) is 19.2. The first-order valence-corrected chi connectivity index (χ1v) is 36.0. The number of thiophene rings is 2. The van der Waals surface area contributed by atoms with E-state index in [4.69, 9.17) is 4.42 Å². The van der Waals surface area contributed by atoms with E-state index in [1.807, 2.05) is 34.8 Å². The summed E-state index contributed by atoms with van der Waals surface area (Å²) in [7, 11) is 0. The van der Waals surface area contributed by atoms with Crippen molar-refractivity contribution in [2.75, 3.05) is 10.2 Å². The van der Waals surface area contributed by atoms with Gasteiger partial charge < -0.3 is 19.2 Å². The summed E-state index contributed by atoms with van der Waals surface area (Å²) in [6.45, 7) is 4.78. The van der Waals surface area contributed by atoms with Gasteiger partial charge in [-0.3, -0.25) is 0 Å². The van der Waals surface area contributed by atoms with Crippen molar-refractivity contribution in [2.24, 2.45) is 0 Å². The summed E-state index contributed by atoms with van der Waals surface area (Å²) in [5, 5.41) is 13.7. The van der Waals surface area contributed by atoms with Crippen LogP contribution in [-0.2, 0) is 10.8 Å². The Morgan fingerprint density at radius 2 is 0.770 bits per heavy atom. The molecule has 0 fully saturated rings. The van der Waals surface area contributed by atoms with E-state index in [-0.39, 0.29) is 10.8 Å². The number of benzene rings is 15. The van der Waals surface area contributed by atoms with Gasteiger partial charge in [0.25, 0.3) is 0 Å². The molecule has 2 aliphatic rings. The van der Waals surface area contributed by atoms with Crippen molar-refractivity contribution in [1.29, 1.82) is 0 Å². The zero-order valence-electron chi connectivity index (χ0n) is 55.0. The largest absolute Gasteiger partial charge is 0.456 e. The summed E-state index contributed by atoms with van der Waals surface area (Å²) in [4.78, 5) is 2.48. The summed E-state index contributed by atoms with van der Waals surface area (Å²) in [6, 6.07) is 124. The number of nitrogens with zero attached hydrogens (tertiary/aromatic N) is 2. The minimum atomic E-state index is -0.379. The molecule has 4 nitrogen and oxygen atoms in total. The molecule has 2 aliphatic carbocycles. The van der Waals surface area contributed by atoms with Crippen molar-refractivity contribution >= 4 is 135 Å². The lowest BCUT2D eigenvalue weighted by Crippen LogP contribution is -2.25. The van der Waals surface area contributed by atoms with Gasteiger partial charge in [-0.05, 0) is 178 Å². The fraction of sp³-hybridized carbons (Fsp3) is 0.0426. The van der Waals surface area contributed by atoms with E-state index in [9.17, 15) is 0 Å². The van der Waals surface area contributed by atoms with Crippen molar-refractivity contribution in [3.63, 3.8) is 0 Å². The number of furan rings is 1. The highest BCUT2D eigenvalue weighted by molar-refractivity contribution is 7.26. The molecular formula is C94H63N3OS2. The fourth-order valence-electron chi connectivity index (χ4n) is 16.9. The van der Waals surface area contributed by atoms with Crippen LogP contribution in [0.2, 0.25) is 0 Å². The van der Waals surface area contributed by atoms with E-state index in [1.54, 1.807) is 0 Å². The number of anilines is 5. The standard InChI is InChI=1S/C62H40N2OS.C32H23NS/c1-62(52-19-7-2-14-44(52)45-15-3-8-20-53(45)62)54-21-9-11-23-57(54)63(43-32-34-50-49-18-6-13-25-60(49)66-61(50)38-43)41-29-26-39(27-30-41)40-28-35-56-51(36-40)46-16-4-10-22-55(46)64(56)42-31-33-48-47-17-5-12-24-58(47)65-59(48)37-42;1-32(26-13-5-2-10-22(26)23-11-3-6-14-27(23)32)28-15-7-8-16-29(28)33-21-18-19-25-24-12-4-9-17-30(24)34-31(25)20-21/h2-38H,1H3;2-20,33H,1H3. The van der Waals surface area contributed by atoms with Crippen LogP contribution in [0.25, 0.3) is 123 Å². The van der Waals surface area contributed by atoms with Crippen LogP contribution >= 0.6 is 22.7 Å². The molecular weight excluding hydrogens is 1250 g/mol. The molecule has 6 heteroatoms. The number of para-hydroxylation sites is 4. The normalized spacial score (nSPS) is 13.3. The van der Waals surface area contributed by atoms with Gasteiger partial charge in [0.05, 0.1) is 16.7 Å². The summed E-state index contributed by atoms with van der Waals surface area (Å²) in [6.07, 6.45) is 0. The molecule has 0 aliphatic heterocycles. The molecule has 100 heavy (non-hydrogen) atoms. The van der Waals surface area contributed by atoms with Gasteiger partial charge in [0, 0.05) is 107 Å². The van der Waals surface area contributed by atoms with Gasteiger partial charge in [-0.1, -0.05) is 237 Å². The van der Waals surface area contributed by atoms with Crippen LogP contribution < -0.4 is 10.2 Å². The third-order valence-corrected chi connectivity index (χ3v) is 23.9. The molecule has 0 spiro atoms. The molecule has 19 aromatic rings. The van der Waals surface area contributed by atoms with E-state index in [1.165, 1.54) is 123 Å². The highest BCUT2D eigenvalue weighted by atomic mass is 32.1. The lowest BCUT2D eigenvalue weighted by atomic mass is 9.73. The van der Waals surface area contributed by atoms with Crippen molar-refractivity contribution in [3.05, 3.63) is 373 Å². The van der Waals surface area contributed by atoms with Crippen molar-refractivity contribution in [1.82, 2.24) is 4.57 Å². The highest BCUT2D eigenvalue weighted by Crippen LogP contribution is 2.57. The predicted molar refractivity (Wildman–Crippen MR) is 425 cm³/mol. The summed E-state index contributed by atoms with van der Waals surface area (Å²) in [5.41, 5.74) is 25.9. The van der Waals surface area contributed by atoms with Gasteiger partial charge in [0.15, 0.2) is 0 Å². The second kappa shape index (κ2) is 22.8. The molecule has 0 unspecified atom stereocenters. The number of fused-ring (bicyclic) bond motifs is 18. The van der Waals surface area contributed by atoms with Crippen LogP contribution in [0, 0.1) is 0 Å². The number of hydrogen-bond acceptors (Lipinski definition) is 5. The first-order valence-electron chi connectivity index (χ1n) is 34.4. The van der Waals surface area contributed by atoms with E-state index in [0.717, 1.165) is 61.6 Å². The third kappa shape index (κ3) is 8.90. The van der Waals surface area contributed by atoms with E-state index in [2.05, 4.69) is 356 Å². The van der Waals surface area contributed by atoms with E-state index < -0.39 is 0 Å². The number of nitrogens with one attached hydrogen (secondary N) is 1. The zero-order valence-corrected chi connectivity index (χ0v) is 56.6. The molecule has 0 saturated heterocycles. The number of aromatic nitrogens is 1. The Morgan fingerprint density at radius 3 is 1.43 bits per heavy atom. The molecule has 0 amide bonds. The summed E-state index contributed by atoms with van der Waals surface area (Å²) < 4.78 is 14.0. The van der Waals surface area contributed by atoms with Crippen LogP contribution in [0.3, 0.4) is 0 Å². The first kappa shape index (κ1) is 58.1. The molecule has 0 radical (unpaired) electrons. The second-order valence-electron chi connectivity index (χ2n) is 27.0. The maximum Gasteiger partial charge on any atom is 0.137 e. The average Bonchev–Trinajstić information content (AvgIpc) is 1.54. The quantitative estimate of drug-likeness (QED) is 0.156. The van der Waals surface area contributed by atoms with Gasteiger partial charge in [-0.25, -0.2) is 0 Å². The van der Waals surface area contributed by atoms with Gasteiger partial charge >= 0.3 is 0 Å². The molecule has 21 rings (SSSR count). The Kier molecular flexibility index (Phi) is 13.2. The third-order valence-electron chi connectivity index (χ3n) is 21.6. The predicted octanol–water partition coefficient (Wildman–Crippen LogP) is 26.7. The lowest BCUT2D eigenvalue weighted by molar-refractivity contribution is 0.668. The molecule has 1 N–H and O–H groups in total. The van der Waals surface area contributed by atoms with Gasteiger partial charge in [-0.2, -0.15) is 0 Å². The minimum absolute atomic E-state index is 0.224. The van der Waals surface area contributed by atoms with Crippen molar-refractivity contribution in [2.45, 2.75) is 24.7 Å². The second-order valence-corrected chi connectivity index (χ2v) is 29.1. The zero-order chi connectivity index (χ0) is 66.2. The summed E-state index contributed by atoms with van der Waals surface area (Å²) >= 11 is 3.72. The van der Waals surface area contributed by atoms with Crippen LogP contribution in [0.5, 0.6) is 0 Å². The Balaban J connectivity index is 0.000000166. The minimum Gasteiger partial charge on any atom is -0.456 e. The molecule has 4 heterocycles. The van der Waals surface area contributed by atoms with E-state index in [0.29, 0.717) is 0 Å². The van der Waals surface area contributed by atoms with Crippen molar-refractivity contribution < 1.29 is 4.42 Å². The SMILES string of the molecule is CC1(c2ccccc2N(c2ccc(-c3ccc4c(c3)c3ccccc3n4-c3ccc4c(c3)oc3ccccc34)cc2)c2ccc3c(c2)sc2ccccc23)c2ccccc2-c2ccccc21.CC1(c2ccccc2Nc2ccc3c(c2)sc2ccccc23)c2ccccc2-c2ccccc21. The van der Waals surface area contributed by atoms with Crippen LogP contribution in [0.15, 0.2) is 344 Å². The highest BCUT2D eigenvalue weighted by Gasteiger charge is 2.44. The average molecular weight is 1310 g/mol. The topological polar surface area (TPSA) is 33.3 Å². The smallest absolute Gasteiger partial charge is 0.137 e. The van der Waals surface area contributed by atoms with Crippen LogP contribution in [0.4, 0.5) is 28.4 Å². The van der Waals surface area contributed by atoms with Gasteiger partial charge in [-0.15, -0.1) is 22.7 Å². The molecule has 0 bridgehead atoms. The molecule has 472 valence electrons. The van der Waals surface area contributed by atoms with E-state index >= 15 is 0 Å². The Labute approximate surface area is 587 Å². The number of rotatable bonds is 9. The molecule has 0 saturated carbocycles. The Hall–Kier alpha value is -12.1. The van der Waals surface area contributed by atoms with Crippen LogP contribution in [-0.4, -0.2) is 4.57 Å².